The van der Waals surface area contributed by atoms with Crippen molar-refractivity contribution in [1.82, 2.24) is 15.3 Å². The molecule has 136 valence electrons. The number of carbonyl (C=O) groups excluding carboxylic acids is 1. The third-order valence-corrected chi connectivity index (χ3v) is 3.86. The molecule has 0 aliphatic rings. The molecular weight excluding hydrogens is 330 g/mol. The Labute approximate surface area is 152 Å². The molecule has 0 unspecified atom stereocenters. The van der Waals surface area contributed by atoms with Crippen LogP contribution in [-0.4, -0.2) is 35.6 Å². The smallest absolute Gasteiger partial charge is 0.257 e. The number of aromatic nitrogens is 2. The molecule has 1 amide bonds. The highest BCUT2D eigenvalue weighted by atomic mass is 16.5. The fourth-order valence-electron chi connectivity index (χ4n) is 2.61. The van der Waals surface area contributed by atoms with E-state index < -0.39 is 0 Å². The van der Waals surface area contributed by atoms with Crippen molar-refractivity contribution >= 4 is 16.9 Å². The number of para-hydroxylation sites is 2. The largest absolute Gasteiger partial charge is 0.494 e. The molecule has 26 heavy (non-hydrogen) atoms. The zero-order valence-corrected chi connectivity index (χ0v) is 14.8. The van der Waals surface area contributed by atoms with Gasteiger partial charge in [-0.1, -0.05) is 12.1 Å². The highest BCUT2D eigenvalue weighted by molar-refractivity contribution is 5.77. The van der Waals surface area contributed by atoms with Crippen molar-refractivity contribution < 1.29 is 14.3 Å². The van der Waals surface area contributed by atoms with Crippen molar-refractivity contribution in [2.75, 3.05) is 19.8 Å². The number of amides is 1. The van der Waals surface area contributed by atoms with E-state index in [4.69, 9.17) is 9.47 Å². The second-order valence-electron chi connectivity index (χ2n) is 5.85. The van der Waals surface area contributed by atoms with Crippen LogP contribution >= 0.6 is 0 Å². The minimum absolute atomic E-state index is 0.00137. The zero-order valence-electron chi connectivity index (χ0n) is 14.8. The van der Waals surface area contributed by atoms with Crippen LogP contribution in [0.3, 0.4) is 0 Å². The van der Waals surface area contributed by atoms with Crippen LogP contribution in [0.4, 0.5) is 0 Å². The molecule has 6 nitrogen and oxygen atoms in total. The molecule has 0 saturated carbocycles. The Morgan fingerprint density at radius 3 is 2.54 bits per heavy atom. The first-order valence-corrected chi connectivity index (χ1v) is 8.80. The van der Waals surface area contributed by atoms with E-state index in [0.29, 0.717) is 18.9 Å². The highest BCUT2D eigenvalue weighted by Gasteiger charge is 2.05. The summed E-state index contributed by atoms with van der Waals surface area (Å²) in [5.41, 5.74) is 2.01. The molecule has 0 aliphatic carbocycles. The van der Waals surface area contributed by atoms with Crippen molar-refractivity contribution in [3.05, 3.63) is 54.4 Å². The number of aromatic amines is 1. The van der Waals surface area contributed by atoms with Gasteiger partial charge in [0.25, 0.3) is 5.91 Å². The average Bonchev–Trinajstić information content (AvgIpc) is 3.08. The van der Waals surface area contributed by atoms with E-state index in [1.165, 1.54) is 0 Å². The first-order chi connectivity index (χ1) is 12.7. The van der Waals surface area contributed by atoms with Gasteiger partial charge < -0.3 is 19.8 Å². The molecule has 6 heteroatoms. The van der Waals surface area contributed by atoms with E-state index in [-0.39, 0.29) is 12.5 Å². The minimum Gasteiger partial charge on any atom is -0.494 e. The first kappa shape index (κ1) is 17.8. The lowest BCUT2D eigenvalue weighted by Crippen LogP contribution is -2.29. The molecule has 1 heterocycles. The van der Waals surface area contributed by atoms with E-state index >= 15 is 0 Å². The van der Waals surface area contributed by atoms with Gasteiger partial charge in [0.1, 0.15) is 17.3 Å². The second kappa shape index (κ2) is 8.89. The molecule has 1 aromatic heterocycles. The van der Waals surface area contributed by atoms with E-state index in [9.17, 15) is 4.79 Å². The number of rotatable bonds is 9. The van der Waals surface area contributed by atoms with Crippen LogP contribution in [0.15, 0.2) is 48.5 Å². The number of H-pyrrole nitrogens is 1. The quantitative estimate of drug-likeness (QED) is 0.580. The van der Waals surface area contributed by atoms with Crippen LogP contribution in [0, 0.1) is 0 Å². The van der Waals surface area contributed by atoms with E-state index in [1.807, 2.05) is 43.3 Å². The topological polar surface area (TPSA) is 76.2 Å². The van der Waals surface area contributed by atoms with Crippen molar-refractivity contribution in [2.24, 2.45) is 0 Å². The number of nitrogens with one attached hydrogen (secondary N) is 2. The summed E-state index contributed by atoms with van der Waals surface area (Å²) < 4.78 is 10.8. The Morgan fingerprint density at radius 2 is 1.81 bits per heavy atom. The number of benzene rings is 2. The molecule has 2 N–H and O–H groups in total. The van der Waals surface area contributed by atoms with Gasteiger partial charge in [0, 0.05) is 13.0 Å². The average molecular weight is 353 g/mol. The van der Waals surface area contributed by atoms with Crippen molar-refractivity contribution in [1.29, 1.82) is 0 Å². The van der Waals surface area contributed by atoms with Crippen LogP contribution in [0.1, 0.15) is 19.2 Å². The number of hydrogen-bond donors (Lipinski definition) is 2. The molecule has 3 rings (SSSR count). The summed E-state index contributed by atoms with van der Waals surface area (Å²) in [6.07, 6.45) is 1.60. The van der Waals surface area contributed by atoms with E-state index in [2.05, 4.69) is 15.3 Å². The van der Waals surface area contributed by atoms with E-state index in [1.54, 1.807) is 12.1 Å². The maximum Gasteiger partial charge on any atom is 0.257 e. The Bertz CT molecular complexity index is 810. The van der Waals surface area contributed by atoms with Gasteiger partial charge >= 0.3 is 0 Å². The van der Waals surface area contributed by atoms with Gasteiger partial charge in [0.2, 0.25) is 0 Å². The zero-order chi connectivity index (χ0) is 18.2. The summed E-state index contributed by atoms with van der Waals surface area (Å²) in [6.45, 7) is 3.14. The fraction of sp³-hybridized carbons (Fsp3) is 0.300. The lowest BCUT2D eigenvalue weighted by atomic mass is 10.3. The molecule has 0 fully saturated rings. The Morgan fingerprint density at radius 1 is 1.08 bits per heavy atom. The van der Waals surface area contributed by atoms with Crippen LogP contribution < -0.4 is 14.8 Å². The Hall–Kier alpha value is -3.02. The molecule has 2 aromatic carbocycles. The normalized spacial score (nSPS) is 10.7. The van der Waals surface area contributed by atoms with Gasteiger partial charge in [-0.2, -0.15) is 0 Å². The lowest BCUT2D eigenvalue weighted by Gasteiger charge is -2.08. The first-order valence-electron chi connectivity index (χ1n) is 8.80. The number of aryl methyl sites for hydroxylation is 1. The van der Waals surface area contributed by atoms with Gasteiger partial charge in [0.15, 0.2) is 6.61 Å². The number of hydrogen-bond acceptors (Lipinski definition) is 4. The molecule has 3 aromatic rings. The van der Waals surface area contributed by atoms with Crippen molar-refractivity contribution in [3.63, 3.8) is 0 Å². The van der Waals surface area contributed by atoms with Gasteiger partial charge in [0.05, 0.1) is 17.6 Å². The van der Waals surface area contributed by atoms with Crippen molar-refractivity contribution in [3.8, 4) is 11.5 Å². The number of fused-ring (bicyclic) bond motifs is 1. The fourth-order valence-corrected chi connectivity index (χ4v) is 2.61. The molecule has 0 atom stereocenters. The number of ether oxygens (including phenoxy) is 2. The standard InChI is InChI=1S/C20H23N3O3/c1-2-25-15-9-11-16(12-10-15)26-14-20(24)21-13-5-8-19-22-17-6-3-4-7-18(17)23-19/h3-4,6-7,9-12H,2,5,8,13-14H2,1H3,(H,21,24)(H,22,23). The molecular formula is C20H23N3O3. The van der Waals surface area contributed by atoms with Crippen LogP contribution in [0.25, 0.3) is 11.0 Å². The maximum atomic E-state index is 11.9. The predicted molar refractivity (Wildman–Crippen MR) is 101 cm³/mol. The van der Waals surface area contributed by atoms with Gasteiger partial charge in [-0.15, -0.1) is 0 Å². The number of nitrogens with zero attached hydrogens (tertiary/aromatic N) is 1. The van der Waals surface area contributed by atoms with Gasteiger partial charge in [-0.05, 0) is 49.7 Å². The summed E-state index contributed by atoms with van der Waals surface area (Å²) >= 11 is 0. The van der Waals surface area contributed by atoms with Crippen LogP contribution in [0.5, 0.6) is 11.5 Å². The third-order valence-electron chi connectivity index (χ3n) is 3.86. The maximum absolute atomic E-state index is 11.9. The molecule has 0 bridgehead atoms. The number of imidazole rings is 1. The summed E-state index contributed by atoms with van der Waals surface area (Å²) in [5, 5.41) is 2.86. The Kier molecular flexibility index (Phi) is 6.09. The highest BCUT2D eigenvalue weighted by Crippen LogP contribution is 2.17. The molecule has 0 radical (unpaired) electrons. The van der Waals surface area contributed by atoms with E-state index in [0.717, 1.165) is 35.4 Å². The Balaban J connectivity index is 1.34. The molecule has 0 spiro atoms. The van der Waals surface area contributed by atoms with Gasteiger partial charge in [-0.3, -0.25) is 4.79 Å². The second-order valence-corrected chi connectivity index (χ2v) is 5.85. The van der Waals surface area contributed by atoms with Crippen LogP contribution in [-0.2, 0) is 11.2 Å². The summed E-state index contributed by atoms with van der Waals surface area (Å²) in [5.74, 6) is 2.23. The third kappa shape index (κ3) is 4.99. The van der Waals surface area contributed by atoms with Crippen LogP contribution in [0.2, 0.25) is 0 Å². The summed E-state index contributed by atoms with van der Waals surface area (Å²) in [4.78, 5) is 19.7. The summed E-state index contributed by atoms with van der Waals surface area (Å²) in [6, 6.07) is 15.2. The summed E-state index contributed by atoms with van der Waals surface area (Å²) in [7, 11) is 0. The monoisotopic (exact) mass is 353 g/mol. The predicted octanol–water partition coefficient (Wildman–Crippen LogP) is 3.09. The molecule has 0 saturated heterocycles. The van der Waals surface area contributed by atoms with Gasteiger partial charge in [-0.25, -0.2) is 4.98 Å². The minimum atomic E-state index is -0.136. The SMILES string of the molecule is CCOc1ccc(OCC(=O)NCCCc2nc3ccccc3[nH]2)cc1. The molecule has 0 aliphatic heterocycles. The van der Waals surface area contributed by atoms with Crippen molar-refractivity contribution in [2.45, 2.75) is 19.8 Å². The number of carbonyl (C=O) groups is 1. The lowest BCUT2D eigenvalue weighted by molar-refractivity contribution is -0.123.